The van der Waals surface area contributed by atoms with E-state index in [0.29, 0.717) is 18.2 Å². The normalized spacial score (nSPS) is 19.2. The van der Waals surface area contributed by atoms with Crippen molar-refractivity contribution in [2.45, 2.75) is 24.2 Å². The Morgan fingerprint density at radius 3 is 2.77 bits per heavy atom. The molecule has 8 heteroatoms. The molecule has 1 aromatic carbocycles. The molecule has 0 aliphatic carbocycles. The second-order valence-electron chi connectivity index (χ2n) is 5.71. The molecular weight excluding hydrogens is 306 g/mol. The Hall–Kier alpha value is -1.67. The molecular formula is C14H21N3O4S. The topological polar surface area (TPSA) is 107 Å². The minimum atomic E-state index is -3.47. The van der Waals surface area contributed by atoms with Crippen LogP contribution >= 0.6 is 0 Å². The number of nitrogens with zero attached hydrogens (tertiary/aromatic N) is 2. The van der Waals surface area contributed by atoms with E-state index in [1.165, 1.54) is 6.07 Å². The molecule has 0 radical (unpaired) electrons. The summed E-state index contributed by atoms with van der Waals surface area (Å²) in [5.74, 6) is 0.424. The van der Waals surface area contributed by atoms with E-state index in [2.05, 4.69) is 0 Å². The van der Waals surface area contributed by atoms with E-state index in [9.17, 15) is 18.5 Å². The standard InChI is InChI=1S/C14H21N3O4S/c1-22(20,21)12-4-5-13(14(9-12)17(18)19)16-8-2-3-11(10-16)6-7-15/h4-5,9,11H,2-3,6-8,10,15H2,1H3. The summed E-state index contributed by atoms with van der Waals surface area (Å²) in [6.45, 7) is 2.06. The maximum Gasteiger partial charge on any atom is 0.293 e. The zero-order valence-electron chi connectivity index (χ0n) is 12.6. The molecule has 1 aliphatic rings. The second kappa shape index (κ2) is 6.62. The number of hydrogen-bond acceptors (Lipinski definition) is 6. The molecule has 1 fully saturated rings. The van der Waals surface area contributed by atoms with Crippen LogP contribution in [0.3, 0.4) is 0 Å². The first-order valence-corrected chi connectivity index (χ1v) is 9.15. The molecule has 22 heavy (non-hydrogen) atoms. The lowest BCUT2D eigenvalue weighted by molar-refractivity contribution is -0.384. The number of nitrogens with two attached hydrogens (primary N) is 1. The highest BCUT2D eigenvalue weighted by molar-refractivity contribution is 7.90. The molecule has 1 aliphatic heterocycles. The number of rotatable bonds is 5. The van der Waals surface area contributed by atoms with Gasteiger partial charge in [-0.1, -0.05) is 0 Å². The van der Waals surface area contributed by atoms with Crippen molar-refractivity contribution in [1.29, 1.82) is 0 Å². The molecule has 1 atom stereocenters. The SMILES string of the molecule is CS(=O)(=O)c1ccc(N2CCCC(CCN)C2)c([N+](=O)[O-])c1. The fourth-order valence-electron chi connectivity index (χ4n) is 2.90. The van der Waals surface area contributed by atoms with E-state index in [1.807, 2.05) is 4.90 Å². The van der Waals surface area contributed by atoms with Gasteiger partial charge in [0.05, 0.1) is 9.82 Å². The predicted octanol–water partition coefficient (Wildman–Crippen LogP) is 1.56. The number of anilines is 1. The third-order valence-electron chi connectivity index (χ3n) is 4.01. The van der Waals surface area contributed by atoms with Gasteiger partial charge in [0.15, 0.2) is 9.84 Å². The second-order valence-corrected chi connectivity index (χ2v) is 7.73. The van der Waals surface area contributed by atoms with Crippen LogP contribution in [0.5, 0.6) is 0 Å². The number of benzene rings is 1. The molecule has 0 aromatic heterocycles. The van der Waals surface area contributed by atoms with Crippen LogP contribution in [0.4, 0.5) is 11.4 Å². The zero-order valence-corrected chi connectivity index (χ0v) is 13.4. The van der Waals surface area contributed by atoms with Gasteiger partial charge in [0.2, 0.25) is 0 Å². The van der Waals surface area contributed by atoms with Crippen LogP contribution in [-0.4, -0.2) is 39.2 Å². The van der Waals surface area contributed by atoms with Gasteiger partial charge in [-0.25, -0.2) is 8.42 Å². The van der Waals surface area contributed by atoms with Gasteiger partial charge in [-0.2, -0.15) is 0 Å². The van der Waals surface area contributed by atoms with Gasteiger partial charge in [-0.3, -0.25) is 10.1 Å². The number of sulfone groups is 1. The van der Waals surface area contributed by atoms with Gasteiger partial charge in [0.25, 0.3) is 5.69 Å². The van der Waals surface area contributed by atoms with Crippen LogP contribution in [-0.2, 0) is 9.84 Å². The lowest BCUT2D eigenvalue weighted by atomic mass is 9.94. The molecule has 1 aromatic rings. The quantitative estimate of drug-likeness (QED) is 0.650. The largest absolute Gasteiger partial charge is 0.366 e. The third kappa shape index (κ3) is 3.75. The Labute approximate surface area is 130 Å². The summed E-state index contributed by atoms with van der Waals surface area (Å²) >= 11 is 0. The smallest absolute Gasteiger partial charge is 0.293 e. The van der Waals surface area contributed by atoms with Gasteiger partial charge in [-0.05, 0) is 43.9 Å². The average Bonchev–Trinajstić information content (AvgIpc) is 2.46. The highest BCUT2D eigenvalue weighted by Gasteiger charge is 2.26. The average molecular weight is 327 g/mol. The van der Waals surface area contributed by atoms with Crippen LogP contribution in [0.25, 0.3) is 0 Å². The molecule has 1 heterocycles. The molecule has 2 N–H and O–H groups in total. The van der Waals surface area contributed by atoms with Crippen molar-refractivity contribution in [1.82, 2.24) is 0 Å². The predicted molar refractivity (Wildman–Crippen MR) is 84.8 cm³/mol. The minimum Gasteiger partial charge on any atom is -0.366 e. The molecule has 7 nitrogen and oxygen atoms in total. The maximum absolute atomic E-state index is 11.6. The fourth-order valence-corrected chi connectivity index (χ4v) is 3.54. The summed E-state index contributed by atoms with van der Waals surface area (Å²) in [6.07, 6.45) is 3.97. The Kier molecular flexibility index (Phi) is 5.02. The van der Waals surface area contributed by atoms with Crippen LogP contribution in [0.2, 0.25) is 0 Å². The van der Waals surface area contributed by atoms with E-state index < -0.39 is 14.8 Å². The third-order valence-corrected chi connectivity index (χ3v) is 5.12. The Morgan fingerprint density at radius 2 is 2.18 bits per heavy atom. The first-order chi connectivity index (χ1) is 10.3. The van der Waals surface area contributed by atoms with Crippen molar-refractivity contribution in [3.8, 4) is 0 Å². The molecule has 2 rings (SSSR count). The van der Waals surface area contributed by atoms with E-state index in [0.717, 1.165) is 44.7 Å². The van der Waals surface area contributed by atoms with Crippen LogP contribution < -0.4 is 10.6 Å². The highest BCUT2D eigenvalue weighted by Crippen LogP contribution is 2.34. The molecule has 1 saturated heterocycles. The molecule has 0 amide bonds. The van der Waals surface area contributed by atoms with Gasteiger partial charge in [0.1, 0.15) is 5.69 Å². The Morgan fingerprint density at radius 1 is 1.45 bits per heavy atom. The lowest BCUT2D eigenvalue weighted by Crippen LogP contribution is -2.36. The number of nitro benzene ring substituents is 1. The van der Waals surface area contributed by atoms with Gasteiger partial charge in [0, 0.05) is 25.4 Å². The molecule has 0 bridgehead atoms. The van der Waals surface area contributed by atoms with Gasteiger partial charge in [-0.15, -0.1) is 0 Å². The maximum atomic E-state index is 11.6. The first-order valence-electron chi connectivity index (χ1n) is 7.26. The zero-order chi connectivity index (χ0) is 16.3. The number of nitro groups is 1. The van der Waals surface area contributed by atoms with Crippen molar-refractivity contribution in [3.05, 3.63) is 28.3 Å². The van der Waals surface area contributed by atoms with Crippen molar-refractivity contribution in [3.63, 3.8) is 0 Å². The van der Waals surface area contributed by atoms with Gasteiger partial charge < -0.3 is 10.6 Å². The van der Waals surface area contributed by atoms with Gasteiger partial charge >= 0.3 is 0 Å². The Balaban J connectivity index is 2.36. The number of hydrogen-bond donors (Lipinski definition) is 1. The summed E-state index contributed by atoms with van der Waals surface area (Å²) in [5.41, 5.74) is 5.93. The lowest BCUT2D eigenvalue weighted by Gasteiger charge is -2.34. The van der Waals surface area contributed by atoms with Crippen LogP contribution in [0.15, 0.2) is 23.1 Å². The summed E-state index contributed by atoms with van der Waals surface area (Å²) in [4.78, 5) is 12.7. The Bertz CT molecular complexity index is 658. The summed E-state index contributed by atoms with van der Waals surface area (Å²) in [6, 6.07) is 4.13. The number of piperidine rings is 1. The van der Waals surface area contributed by atoms with Crippen LogP contribution in [0.1, 0.15) is 19.3 Å². The first kappa shape index (κ1) is 16.7. The molecule has 1 unspecified atom stereocenters. The van der Waals surface area contributed by atoms with Crippen molar-refractivity contribution in [2.24, 2.45) is 11.7 Å². The van der Waals surface area contributed by atoms with E-state index in [-0.39, 0.29) is 10.6 Å². The molecule has 0 spiro atoms. The van der Waals surface area contributed by atoms with E-state index in [4.69, 9.17) is 5.73 Å². The summed E-state index contributed by atoms with van der Waals surface area (Å²) in [7, 11) is -3.47. The highest BCUT2D eigenvalue weighted by atomic mass is 32.2. The summed E-state index contributed by atoms with van der Waals surface area (Å²) < 4.78 is 23.2. The van der Waals surface area contributed by atoms with Crippen molar-refractivity contribution >= 4 is 21.2 Å². The molecule has 122 valence electrons. The molecule has 0 saturated carbocycles. The van der Waals surface area contributed by atoms with E-state index >= 15 is 0 Å². The van der Waals surface area contributed by atoms with Crippen molar-refractivity contribution in [2.75, 3.05) is 30.8 Å². The van der Waals surface area contributed by atoms with E-state index in [1.54, 1.807) is 6.07 Å². The minimum absolute atomic E-state index is 0.0292. The van der Waals surface area contributed by atoms with Crippen LogP contribution in [0, 0.1) is 16.0 Å². The fraction of sp³-hybridized carbons (Fsp3) is 0.571. The summed E-state index contributed by atoms with van der Waals surface area (Å²) in [5, 5.41) is 11.3. The monoisotopic (exact) mass is 327 g/mol. The van der Waals surface area contributed by atoms with Crippen molar-refractivity contribution < 1.29 is 13.3 Å².